The van der Waals surface area contributed by atoms with Crippen molar-refractivity contribution < 1.29 is 22.9 Å². The van der Waals surface area contributed by atoms with Gasteiger partial charge in [0.25, 0.3) is 15.7 Å². The van der Waals surface area contributed by atoms with E-state index in [-0.39, 0.29) is 32.9 Å². The van der Waals surface area contributed by atoms with Crippen LogP contribution in [0.1, 0.15) is 6.92 Å². The minimum absolute atomic E-state index is 0.0180. The van der Waals surface area contributed by atoms with Crippen molar-refractivity contribution in [1.29, 1.82) is 0 Å². The third-order valence-corrected chi connectivity index (χ3v) is 5.72. The molecule has 2 rings (SSSR count). The van der Waals surface area contributed by atoms with Crippen LogP contribution in [0.3, 0.4) is 0 Å². The Balaban J connectivity index is 2.55. The molecule has 0 heterocycles. The fourth-order valence-corrected chi connectivity index (χ4v) is 4.02. The van der Waals surface area contributed by atoms with E-state index < -0.39 is 27.5 Å². The van der Waals surface area contributed by atoms with Crippen LogP contribution in [0.5, 0.6) is 0 Å². The second kappa shape index (κ2) is 8.55. The molecule has 2 aromatic rings. The number of nitro groups is 1. The van der Waals surface area contributed by atoms with Gasteiger partial charge in [0.1, 0.15) is 6.54 Å². The quantitative estimate of drug-likeness (QED) is 0.375. The predicted molar refractivity (Wildman–Crippen MR) is 101 cm³/mol. The molecule has 0 aliphatic rings. The van der Waals surface area contributed by atoms with Gasteiger partial charge in [-0.3, -0.25) is 19.2 Å². The van der Waals surface area contributed by atoms with Crippen LogP contribution in [0.2, 0.25) is 10.0 Å². The predicted octanol–water partition coefficient (Wildman–Crippen LogP) is 3.66. The topological polar surface area (TPSA) is 107 Å². The molecule has 0 radical (unpaired) electrons. The molecule has 0 spiro atoms. The second-order valence-electron chi connectivity index (χ2n) is 5.16. The Kier molecular flexibility index (Phi) is 6.63. The summed E-state index contributed by atoms with van der Waals surface area (Å²) in [6.45, 7) is 1.00. The number of anilines is 1. The number of sulfonamides is 1. The summed E-state index contributed by atoms with van der Waals surface area (Å²) < 4.78 is 31.7. The largest absolute Gasteiger partial charge is 0.465 e. The average Bonchev–Trinajstić information content (AvgIpc) is 2.62. The molecule has 0 saturated carbocycles. The van der Waals surface area contributed by atoms with Gasteiger partial charge in [0.2, 0.25) is 0 Å². The standard InChI is InChI=1S/C16H14Cl2N2O6S/c1-2-26-16(21)10-19(15-9-11(17)3-8-14(15)18)27(24,25)13-6-4-12(5-7-13)20(22)23/h3-9H,2,10H2,1H3. The van der Waals surface area contributed by atoms with E-state index in [0.29, 0.717) is 0 Å². The van der Waals surface area contributed by atoms with Gasteiger partial charge in [0.05, 0.1) is 27.1 Å². The third kappa shape index (κ3) is 4.88. The molecule has 0 N–H and O–H groups in total. The number of ether oxygens (including phenoxy) is 1. The second-order valence-corrected chi connectivity index (χ2v) is 7.87. The molecule has 144 valence electrons. The molecule has 0 aromatic heterocycles. The van der Waals surface area contributed by atoms with Crippen LogP contribution in [-0.4, -0.2) is 32.5 Å². The molecule has 0 fully saturated rings. The van der Waals surface area contributed by atoms with Gasteiger partial charge in [0, 0.05) is 17.2 Å². The summed E-state index contributed by atoms with van der Waals surface area (Å²) in [5.74, 6) is -0.793. The number of benzene rings is 2. The van der Waals surface area contributed by atoms with Gasteiger partial charge < -0.3 is 4.74 Å². The number of hydrogen-bond acceptors (Lipinski definition) is 6. The first-order chi connectivity index (χ1) is 12.7. The number of carbonyl (C=O) groups excluding carboxylic acids is 1. The summed E-state index contributed by atoms with van der Waals surface area (Å²) in [6.07, 6.45) is 0. The van der Waals surface area contributed by atoms with Crippen molar-refractivity contribution in [3.63, 3.8) is 0 Å². The molecule has 0 saturated heterocycles. The van der Waals surface area contributed by atoms with Crippen molar-refractivity contribution in [2.45, 2.75) is 11.8 Å². The highest BCUT2D eigenvalue weighted by molar-refractivity contribution is 7.92. The van der Waals surface area contributed by atoms with Crippen LogP contribution in [0.25, 0.3) is 0 Å². The van der Waals surface area contributed by atoms with E-state index in [1.165, 1.54) is 18.2 Å². The number of nitro benzene ring substituents is 1. The molecule has 0 aliphatic carbocycles. The number of hydrogen-bond donors (Lipinski definition) is 0. The Morgan fingerprint density at radius 2 is 1.81 bits per heavy atom. The molecule has 0 atom stereocenters. The summed E-state index contributed by atoms with van der Waals surface area (Å²) in [5.41, 5.74) is -0.290. The summed E-state index contributed by atoms with van der Waals surface area (Å²) in [7, 11) is -4.28. The minimum atomic E-state index is -4.28. The summed E-state index contributed by atoms with van der Waals surface area (Å²) in [4.78, 5) is 21.8. The van der Waals surface area contributed by atoms with Crippen LogP contribution in [0, 0.1) is 10.1 Å². The van der Waals surface area contributed by atoms with Crippen molar-refractivity contribution in [1.82, 2.24) is 0 Å². The van der Waals surface area contributed by atoms with Crippen LogP contribution < -0.4 is 4.31 Å². The van der Waals surface area contributed by atoms with Gasteiger partial charge in [-0.2, -0.15) is 0 Å². The highest BCUT2D eigenvalue weighted by Crippen LogP contribution is 2.33. The average molecular weight is 433 g/mol. The summed E-state index contributed by atoms with van der Waals surface area (Å²) in [6, 6.07) is 8.40. The number of nitrogens with zero attached hydrogens (tertiary/aromatic N) is 2. The molecule has 11 heteroatoms. The zero-order valence-electron chi connectivity index (χ0n) is 14.0. The maximum atomic E-state index is 13.1. The van der Waals surface area contributed by atoms with E-state index in [0.717, 1.165) is 28.6 Å². The van der Waals surface area contributed by atoms with Gasteiger partial charge in [-0.15, -0.1) is 0 Å². The lowest BCUT2D eigenvalue weighted by molar-refractivity contribution is -0.384. The zero-order chi connectivity index (χ0) is 20.2. The lowest BCUT2D eigenvalue weighted by Gasteiger charge is -2.24. The zero-order valence-corrected chi connectivity index (χ0v) is 16.3. The molecule has 0 unspecified atom stereocenters. The number of non-ortho nitro benzene ring substituents is 1. The number of esters is 1. The Morgan fingerprint density at radius 1 is 1.19 bits per heavy atom. The van der Waals surface area contributed by atoms with E-state index in [9.17, 15) is 23.3 Å². The number of rotatable bonds is 7. The minimum Gasteiger partial charge on any atom is -0.465 e. The first-order valence-electron chi connectivity index (χ1n) is 7.54. The first kappa shape index (κ1) is 20.9. The SMILES string of the molecule is CCOC(=O)CN(c1cc(Cl)ccc1Cl)S(=O)(=O)c1ccc([N+](=O)[O-])cc1. The van der Waals surface area contributed by atoms with Crippen LogP contribution in [0.4, 0.5) is 11.4 Å². The van der Waals surface area contributed by atoms with E-state index in [4.69, 9.17) is 27.9 Å². The van der Waals surface area contributed by atoms with Crippen LogP contribution in [0.15, 0.2) is 47.4 Å². The smallest absolute Gasteiger partial charge is 0.326 e. The molecule has 0 bridgehead atoms. The summed E-state index contributed by atoms with van der Waals surface area (Å²) in [5, 5.41) is 11.0. The van der Waals surface area contributed by atoms with Crippen molar-refractivity contribution in [3.8, 4) is 0 Å². The van der Waals surface area contributed by atoms with Crippen molar-refractivity contribution in [3.05, 3.63) is 62.6 Å². The summed E-state index contributed by atoms with van der Waals surface area (Å²) >= 11 is 12.0. The number of carbonyl (C=O) groups is 1. The molecule has 8 nitrogen and oxygen atoms in total. The number of halogens is 2. The normalized spacial score (nSPS) is 11.1. The maximum Gasteiger partial charge on any atom is 0.326 e. The fraction of sp³-hybridized carbons (Fsp3) is 0.188. The lowest BCUT2D eigenvalue weighted by Crippen LogP contribution is -2.36. The Bertz CT molecular complexity index is 963. The van der Waals surface area contributed by atoms with E-state index in [1.54, 1.807) is 6.92 Å². The highest BCUT2D eigenvalue weighted by atomic mass is 35.5. The van der Waals surface area contributed by atoms with E-state index in [1.807, 2.05) is 0 Å². The van der Waals surface area contributed by atoms with Crippen molar-refractivity contribution in [2.24, 2.45) is 0 Å². The van der Waals surface area contributed by atoms with Gasteiger partial charge >= 0.3 is 5.97 Å². The molecule has 27 heavy (non-hydrogen) atoms. The van der Waals surface area contributed by atoms with Crippen LogP contribution >= 0.6 is 23.2 Å². The van der Waals surface area contributed by atoms with Crippen molar-refractivity contribution >= 4 is 50.6 Å². The molecule has 0 amide bonds. The van der Waals surface area contributed by atoms with Gasteiger partial charge in [-0.1, -0.05) is 23.2 Å². The van der Waals surface area contributed by atoms with Gasteiger partial charge in [-0.05, 0) is 37.3 Å². The van der Waals surface area contributed by atoms with Crippen LogP contribution in [-0.2, 0) is 19.6 Å². The molecular weight excluding hydrogens is 419 g/mol. The monoisotopic (exact) mass is 432 g/mol. The van der Waals surface area contributed by atoms with Gasteiger partial charge in [-0.25, -0.2) is 8.42 Å². The maximum absolute atomic E-state index is 13.1. The molecule has 0 aliphatic heterocycles. The highest BCUT2D eigenvalue weighted by Gasteiger charge is 2.30. The van der Waals surface area contributed by atoms with E-state index in [2.05, 4.69) is 0 Å². The Morgan fingerprint density at radius 3 is 2.37 bits per heavy atom. The fourth-order valence-electron chi connectivity index (χ4n) is 2.17. The third-order valence-electron chi connectivity index (χ3n) is 3.39. The molecule has 2 aromatic carbocycles. The van der Waals surface area contributed by atoms with E-state index >= 15 is 0 Å². The molecular formula is C16H14Cl2N2O6S. The Hall–Kier alpha value is -2.36. The Labute approximate surface area is 165 Å². The van der Waals surface area contributed by atoms with Crippen molar-refractivity contribution in [2.75, 3.05) is 17.5 Å². The van der Waals surface area contributed by atoms with Gasteiger partial charge in [0.15, 0.2) is 0 Å². The first-order valence-corrected chi connectivity index (χ1v) is 9.74. The lowest BCUT2D eigenvalue weighted by atomic mass is 10.3.